The van der Waals surface area contributed by atoms with Gasteiger partial charge < -0.3 is 24.3 Å². The summed E-state index contributed by atoms with van der Waals surface area (Å²) in [5.74, 6) is -0.684. The van der Waals surface area contributed by atoms with E-state index < -0.39 is 20.0 Å². The van der Waals surface area contributed by atoms with E-state index in [9.17, 15) is 19.5 Å². The third-order valence-corrected chi connectivity index (χ3v) is 12.1. The number of benzene rings is 2. The van der Waals surface area contributed by atoms with Crippen LogP contribution in [0.3, 0.4) is 0 Å². The SMILES string of the molecule is C=CCN1C(=O)[C@]2(O[C@H](CCn3cc(C(CO)c4ccccc4)nn3)[C@@H]([Si](C)(C)O)[C@@H]2C)c2cc(-n3cccc(OC)c3=O)ccc21. The fourth-order valence-corrected chi connectivity index (χ4v) is 10.1. The third kappa shape index (κ3) is 5.54. The summed E-state index contributed by atoms with van der Waals surface area (Å²) in [6.07, 6.45) is 5.19. The molecule has 2 aliphatic rings. The van der Waals surface area contributed by atoms with Crippen LogP contribution in [0.25, 0.3) is 5.69 Å². The van der Waals surface area contributed by atoms with Crippen molar-refractivity contribution in [2.45, 2.75) is 56.1 Å². The van der Waals surface area contributed by atoms with E-state index in [2.05, 4.69) is 16.9 Å². The molecule has 0 radical (unpaired) electrons. The predicted molar refractivity (Wildman–Crippen MR) is 180 cm³/mol. The summed E-state index contributed by atoms with van der Waals surface area (Å²) in [6.45, 7) is 10.2. The monoisotopic (exact) mass is 655 g/mol. The minimum Gasteiger partial charge on any atom is -0.491 e. The average molecular weight is 656 g/mol. The number of aryl methyl sites for hydroxylation is 1. The first-order valence-corrected chi connectivity index (χ1v) is 18.9. The van der Waals surface area contributed by atoms with Crippen molar-refractivity contribution in [1.29, 1.82) is 0 Å². The molecule has 11 nitrogen and oxygen atoms in total. The van der Waals surface area contributed by atoms with Crippen LogP contribution in [0.1, 0.15) is 36.1 Å². The number of nitrogens with zero attached hydrogens (tertiary/aromatic N) is 5. The van der Waals surface area contributed by atoms with Crippen LogP contribution in [0.2, 0.25) is 18.6 Å². The summed E-state index contributed by atoms with van der Waals surface area (Å²) in [6, 6.07) is 18.5. The number of methoxy groups -OCH3 is 1. The molecule has 2 aromatic carbocycles. The van der Waals surface area contributed by atoms with Crippen molar-refractivity contribution < 1.29 is 24.2 Å². The fourth-order valence-electron chi connectivity index (χ4n) is 7.53. The van der Waals surface area contributed by atoms with Crippen molar-refractivity contribution in [1.82, 2.24) is 19.6 Å². The maximum atomic E-state index is 14.5. The van der Waals surface area contributed by atoms with Crippen molar-refractivity contribution in [2.75, 3.05) is 25.2 Å². The number of amides is 1. The number of anilines is 1. The van der Waals surface area contributed by atoms with E-state index in [1.807, 2.05) is 68.7 Å². The van der Waals surface area contributed by atoms with Crippen molar-refractivity contribution >= 4 is 19.9 Å². The lowest BCUT2D eigenvalue weighted by Gasteiger charge is -2.32. The Kier molecular flexibility index (Phi) is 8.79. The number of aliphatic hydroxyl groups excluding tert-OH is 1. The van der Waals surface area contributed by atoms with Gasteiger partial charge in [0.15, 0.2) is 19.7 Å². The number of hydrogen-bond donors (Lipinski definition) is 2. The molecule has 5 atom stereocenters. The number of rotatable bonds is 11. The predicted octanol–water partition coefficient (Wildman–Crippen LogP) is 3.98. The van der Waals surface area contributed by atoms with Crippen LogP contribution in [0, 0.1) is 5.92 Å². The van der Waals surface area contributed by atoms with E-state index in [-0.39, 0.29) is 47.7 Å². The van der Waals surface area contributed by atoms with E-state index >= 15 is 0 Å². The van der Waals surface area contributed by atoms with Crippen LogP contribution < -0.4 is 15.2 Å². The average Bonchev–Trinajstić information content (AvgIpc) is 3.71. The minimum absolute atomic E-state index is 0.104. The zero-order chi connectivity index (χ0) is 33.5. The zero-order valence-corrected chi connectivity index (χ0v) is 28.1. The van der Waals surface area contributed by atoms with Crippen LogP contribution in [-0.4, -0.2) is 70.1 Å². The molecule has 1 amide bonds. The largest absolute Gasteiger partial charge is 0.491 e. The molecule has 0 aliphatic carbocycles. The Morgan fingerprint density at radius 2 is 1.91 bits per heavy atom. The lowest BCUT2D eigenvalue weighted by Crippen LogP contribution is -2.46. The molecule has 1 unspecified atom stereocenters. The van der Waals surface area contributed by atoms with Gasteiger partial charge in [-0.15, -0.1) is 11.7 Å². The molecular weight excluding hydrogens is 615 g/mol. The number of carbonyl (C=O) groups excluding carboxylic acids is 1. The number of aromatic nitrogens is 4. The van der Waals surface area contributed by atoms with Crippen molar-refractivity contribution in [3.05, 3.63) is 113 Å². The van der Waals surface area contributed by atoms with Gasteiger partial charge in [0.2, 0.25) is 0 Å². The second-order valence-electron chi connectivity index (χ2n) is 12.9. The molecular formula is C35H41N5O6Si. The summed E-state index contributed by atoms with van der Waals surface area (Å²) in [5.41, 5.74) is 1.54. The van der Waals surface area contributed by atoms with Gasteiger partial charge in [-0.2, -0.15) is 0 Å². The molecule has 6 rings (SSSR count). The lowest BCUT2D eigenvalue weighted by atomic mass is 9.82. The lowest BCUT2D eigenvalue weighted by molar-refractivity contribution is -0.145. The summed E-state index contributed by atoms with van der Waals surface area (Å²) >= 11 is 0. The van der Waals surface area contributed by atoms with Gasteiger partial charge in [0.25, 0.3) is 11.5 Å². The van der Waals surface area contributed by atoms with Gasteiger partial charge in [-0.25, -0.2) is 0 Å². The van der Waals surface area contributed by atoms with E-state index in [0.717, 1.165) is 5.56 Å². The molecule has 2 aromatic heterocycles. The standard InChI is InChI=1S/C35H41N5O6Si/c1-6-17-40-29-15-14-25(39-18-10-13-31(45-3)33(39)42)20-27(29)35(34(40)43)23(2)32(47(4,5)44)30(46-35)16-19-38-21-28(36-37-38)26(22-41)24-11-8-7-9-12-24/h6-15,18,20-21,23,26,30,32,41,44H,1,16-17,19,22H2,2-5H3/t23-,26?,30+,32-,35+/m0/s1. The van der Waals surface area contributed by atoms with E-state index in [4.69, 9.17) is 9.47 Å². The Bertz CT molecular complexity index is 1840. The van der Waals surface area contributed by atoms with Crippen LogP contribution in [0.5, 0.6) is 5.75 Å². The van der Waals surface area contributed by atoms with Crippen molar-refractivity contribution in [3.63, 3.8) is 0 Å². The molecule has 246 valence electrons. The zero-order valence-electron chi connectivity index (χ0n) is 27.1. The quantitative estimate of drug-likeness (QED) is 0.183. The van der Waals surface area contributed by atoms with Crippen LogP contribution >= 0.6 is 0 Å². The van der Waals surface area contributed by atoms with Gasteiger partial charge in [-0.3, -0.25) is 18.8 Å². The summed E-state index contributed by atoms with van der Waals surface area (Å²) in [7, 11) is -1.45. The highest BCUT2D eigenvalue weighted by Gasteiger charge is 2.66. The number of fused-ring (bicyclic) bond motifs is 2. The van der Waals surface area contributed by atoms with Gasteiger partial charge in [-0.05, 0) is 55.4 Å². The molecule has 47 heavy (non-hydrogen) atoms. The first-order valence-electron chi connectivity index (χ1n) is 15.8. The summed E-state index contributed by atoms with van der Waals surface area (Å²) < 4.78 is 15.4. The van der Waals surface area contributed by atoms with Gasteiger partial charge in [-0.1, -0.05) is 48.5 Å². The molecule has 0 bridgehead atoms. The Hall–Kier alpha value is -4.36. The van der Waals surface area contributed by atoms with E-state index in [1.165, 1.54) is 11.7 Å². The second-order valence-corrected chi connectivity index (χ2v) is 16.8. The Morgan fingerprint density at radius 1 is 1.15 bits per heavy atom. The normalized spacial score (nSPS) is 22.9. The van der Waals surface area contributed by atoms with Gasteiger partial charge >= 0.3 is 0 Å². The molecule has 4 aromatic rings. The fraction of sp³-hybridized carbons (Fsp3) is 0.371. The van der Waals surface area contributed by atoms with Crippen molar-refractivity contribution in [2.24, 2.45) is 5.92 Å². The Balaban J connectivity index is 1.36. The Morgan fingerprint density at radius 3 is 2.60 bits per heavy atom. The number of pyridine rings is 1. The first kappa shape index (κ1) is 32.6. The maximum absolute atomic E-state index is 14.5. The van der Waals surface area contributed by atoms with Crippen molar-refractivity contribution in [3.8, 4) is 11.4 Å². The number of aliphatic hydroxyl groups is 1. The number of hydrogen-bond acceptors (Lipinski definition) is 8. The van der Waals surface area contributed by atoms with Crippen LogP contribution in [0.4, 0.5) is 5.69 Å². The highest BCUT2D eigenvalue weighted by molar-refractivity contribution is 6.71. The third-order valence-electron chi connectivity index (χ3n) is 9.63. The second kappa shape index (κ2) is 12.7. The Labute approximate surface area is 274 Å². The summed E-state index contributed by atoms with van der Waals surface area (Å²) in [4.78, 5) is 41.0. The topological polar surface area (TPSA) is 132 Å². The molecule has 4 heterocycles. The maximum Gasteiger partial charge on any atom is 0.297 e. The smallest absolute Gasteiger partial charge is 0.297 e. The molecule has 1 fully saturated rings. The minimum atomic E-state index is -2.90. The summed E-state index contributed by atoms with van der Waals surface area (Å²) in [5, 5.41) is 18.8. The van der Waals surface area contributed by atoms with Crippen LogP contribution in [-0.2, 0) is 21.7 Å². The van der Waals surface area contributed by atoms with Gasteiger partial charge in [0.05, 0.1) is 37.1 Å². The van der Waals surface area contributed by atoms with E-state index in [1.54, 1.807) is 40.1 Å². The molecule has 1 spiro atoms. The highest BCUT2D eigenvalue weighted by Crippen LogP contribution is 2.59. The van der Waals surface area contributed by atoms with Crippen LogP contribution in [0.15, 0.2) is 90.5 Å². The molecule has 1 saturated heterocycles. The van der Waals surface area contributed by atoms with E-state index in [0.29, 0.717) is 35.6 Å². The highest BCUT2D eigenvalue weighted by atomic mass is 28.4. The molecule has 2 aliphatic heterocycles. The van der Waals surface area contributed by atoms with Gasteiger partial charge in [0, 0.05) is 48.2 Å². The number of ether oxygens (including phenoxy) is 2. The number of carbonyl (C=O) groups is 1. The molecule has 12 heteroatoms. The van der Waals surface area contributed by atoms with Gasteiger partial charge in [0.1, 0.15) is 0 Å². The molecule has 2 N–H and O–H groups in total. The molecule has 0 saturated carbocycles. The first-order chi connectivity index (χ1) is 22.5.